The van der Waals surface area contributed by atoms with Gasteiger partial charge in [-0.05, 0) is 35.9 Å². The van der Waals surface area contributed by atoms with Crippen molar-refractivity contribution in [3.05, 3.63) is 66.2 Å². The van der Waals surface area contributed by atoms with Gasteiger partial charge in [0.25, 0.3) is 0 Å². The number of nitrogens with one attached hydrogen (secondary N) is 2. The fraction of sp³-hybridized carbons (Fsp3) is 0.105. The molecule has 128 valence electrons. The Hall–Kier alpha value is -3.41. The number of amides is 2. The molecule has 0 saturated heterocycles. The number of methoxy groups -OCH3 is 1. The van der Waals surface area contributed by atoms with Crippen molar-refractivity contribution in [3.8, 4) is 5.75 Å². The highest BCUT2D eigenvalue weighted by Crippen LogP contribution is 2.14. The average Bonchev–Trinajstić information content (AvgIpc) is 2.63. The number of hydrazone groups is 1. The van der Waals surface area contributed by atoms with E-state index in [1.807, 2.05) is 36.4 Å². The van der Waals surface area contributed by atoms with Crippen molar-refractivity contribution in [2.24, 2.45) is 5.10 Å². The fourth-order valence-electron chi connectivity index (χ4n) is 1.94. The van der Waals surface area contributed by atoms with Gasteiger partial charge in [-0.3, -0.25) is 9.59 Å². The average molecular weight is 337 g/mol. The lowest BCUT2D eigenvalue weighted by Gasteiger charge is -2.05. The van der Waals surface area contributed by atoms with Crippen LogP contribution in [0.1, 0.15) is 12.0 Å². The molecule has 2 N–H and O–H groups in total. The minimum Gasteiger partial charge on any atom is -0.497 e. The summed E-state index contributed by atoms with van der Waals surface area (Å²) in [5, 5.41) is 6.39. The molecule has 0 aliphatic heterocycles. The van der Waals surface area contributed by atoms with E-state index in [0.717, 1.165) is 5.56 Å². The zero-order valence-electron chi connectivity index (χ0n) is 13.8. The first kappa shape index (κ1) is 17.9. The van der Waals surface area contributed by atoms with E-state index in [0.29, 0.717) is 11.4 Å². The molecule has 2 amide bonds. The standard InChI is InChI=1S/C19H19N3O3/c1-25-17-11-9-16(10-12-17)21-18(23)14-19(24)22-20-13-5-8-15-6-3-2-4-7-15/h2-13H,14H2,1H3,(H,21,23)(H,22,24). The maximum atomic E-state index is 11.8. The van der Waals surface area contributed by atoms with Crippen LogP contribution in [0.3, 0.4) is 0 Å². The van der Waals surface area contributed by atoms with Gasteiger partial charge in [0.05, 0.1) is 7.11 Å². The lowest BCUT2D eigenvalue weighted by atomic mass is 10.2. The Morgan fingerprint density at radius 3 is 2.44 bits per heavy atom. The number of hydrogen-bond donors (Lipinski definition) is 2. The molecule has 2 rings (SSSR count). The molecule has 0 fully saturated rings. The van der Waals surface area contributed by atoms with E-state index in [9.17, 15) is 9.59 Å². The van der Waals surface area contributed by atoms with Crippen LogP contribution in [0.15, 0.2) is 65.8 Å². The number of carbonyl (C=O) groups is 2. The van der Waals surface area contributed by atoms with Crippen molar-refractivity contribution in [1.82, 2.24) is 5.43 Å². The van der Waals surface area contributed by atoms with Crippen LogP contribution in [0, 0.1) is 0 Å². The Balaban J connectivity index is 1.72. The minimum atomic E-state index is -0.490. The molecule has 2 aromatic carbocycles. The second kappa shape index (κ2) is 9.67. The first-order chi connectivity index (χ1) is 12.2. The van der Waals surface area contributed by atoms with Gasteiger partial charge in [-0.25, -0.2) is 5.43 Å². The first-order valence-corrected chi connectivity index (χ1v) is 7.65. The Bertz CT molecular complexity index is 753. The number of benzene rings is 2. The molecular formula is C19H19N3O3. The van der Waals surface area contributed by atoms with Gasteiger partial charge in [0.15, 0.2) is 0 Å². The molecule has 0 radical (unpaired) electrons. The predicted octanol–water partition coefficient (Wildman–Crippen LogP) is 2.84. The Morgan fingerprint density at radius 2 is 1.76 bits per heavy atom. The maximum Gasteiger partial charge on any atom is 0.249 e. The van der Waals surface area contributed by atoms with E-state index in [-0.39, 0.29) is 6.42 Å². The van der Waals surface area contributed by atoms with E-state index in [1.165, 1.54) is 6.21 Å². The van der Waals surface area contributed by atoms with Crippen LogP contribution >= 0.6 is 0 Å². The number of allylic oxidation sites excluding steroid dienone is 1. The Labute approximate surface area is 146 Å². The zero-order chi connectivity index (χ0) is 17.9. The SMILES string of the molecule is COc1ccc(NC(=O)CC(=O)NN=CC=Cc2ccccc2)cc1. The Morgan fingerprint density at radius 1 is 1.04 bits per heavy atom. The molecule has 25 heavy (non-hydrogen) atoms. The van der Waals surface area contributed by atoms with E-state index in [1.54, 1.807) is 37.5 Å². The molecule has 0 aliphatic rings. The van der Waals surface area contributed by atoms with E-state index < -0.39 is 11.8 Å². The summed E-state index contributed by atoms with van der Waals surface area (Å²) in [5.41, 5.74) is 3.92. The second-order valence-electron chi connectivity index (χ2n) is 5.04. The quantitative estimate of drug-likeness (QED) is 0.463. The number of carbonyl (C=O) groups excluding carboxylic acids is 2. The van der Waals surface area contributed by atoms with Gasteiger partial charge in [0.2, 0.25) is 11.8 Å². The number of ether oxygens (including phenoxy) is 1. The molecule has 0 bridgehead atoms. The maximum absolute atomic E-state index is 11.8. The van der Waals surface area contributed by atoms with Gasteiger partial charge in [-0.2, -0.15) is 5.10 Å². The van der Waals surface area contributed by atoms with Gasteiger partial charge < -0.3 is 10.1 Å². The summed E-state index contributed by atoms with van der Waals surface area (Å²) in [6.45, 7) is 0. The monoisotopic (exact) mass is 337 g/mol. The lowest BCUT2D eigenvalue weighted by Crippen LogP contribution is -2.24. The van der Waals surface area contributed by atoms with E-state index in [4.69, 9.17) is 4.74 Å². The molecule has 0 atom stereocenters. The minimum absolute atomic E-state index is 0.314. The topological polar surface area (TPSA) is 79.8 Å². The third kappa shape index (κ3) is 6.70. The summed E-state index contributed by atoms with van der Waals surface area (Å²) in [5.74, 6) is -0.221. The smallest absolute Gasteiger partial charge is 0.249 e. The van der Waals surface area contributed by atoms with Crippen LogP contribution in [0.5, 0.6) is 5.75 Å². The molecular weight excluding hydrogens is 318 g/mol. The van der Waals surface area contributed by atoms with Gasteiger partial charge in [-0.1, -0.05) is 36.4 Å². The molecule has 0 aromatic heterocycles. The first-order valence-electron chi connectivity index (χ1n) is 7.65. The van der Waals surface area contributed by atoms with Crippen molar-refractivity contribution in [2.75, 3.05) is 12.4 Å². The summed E-state index contributed by atoms with van der Waals surface area (Å²) in [4.78, 5) is 23.4. The number of nitrogens with zero attached hydrogens (tertiary/aromatic N) is 1. The number of anilines is 1. The summed E-state index contributed by atoms with van der Waals surface area (Å²) in [7, 11) is 1.56. The van der Waals surface area contributed by atoms with Crippen molar-refractivity contribution >= 4 is 29.8 Å². The number of hydrogen-bond acceptors (Lipinski definition) is 4. The summed E-state index contributed by atoms with van der Waals surface area (Å²) in [6, 6.07) is 16.5. The number of rotatable bonds is 7. The predicted molar refractivity (Wildman–Crippen MR) is 98.4 cm³/mol. The van der Waals surface area contributed by atoms with Crippen molar-refractivity contribution in [3.63, 3.8) is 0 Å². The van der Waals surface area contributed by atoms with Crippen LogP contribution in [0.4, 0.5) is 5.69 Å². The lowest BCUT2D eigenvalue weighted by molar-refractivity contribution is -0.126. The van der Waals surface area contributed by atoms with Gasteiger partial charge in [0, 0.05) is 11.9 Å². The normalized spacial score (nSPS) is 10.8. The summed E-state index contributed by atoms with van der Waals surface area (Å²) in [6.07, 6.45) is 4.69. The molecule has 0 heterocycles. The van der Waals surface area contributed by atoms with Gasteiger partial charge in [-0.15, -0.1) is 0 Å². The highest BCUT2D eigenvalue weighted by Gasteiger charge is 2.08. The van der Waals surface area contributed by atoms with Crippen molar-refractivity contribution < 1.29 is 14.3 Å². The van der Waals surface area contributed by atoms with Gasteiger partial charge in [0.1, 0.15) is 12.2 Å². The van der Waals surface area contributed by atoms with E-state index >= 15 is 0 Å². The molecule has 6 nitrogen and oxygen atoms in total. The summed E-state index contributed by atoms with van der Waals surface area (Å²) < 4.78 is 5.03. The fourth-order valence-corrected chi connectivity index (χ4v) is 1.94. The Kier molecular flexibility index (Phi) is 6.94. The summed E-state index contributed by atoms with van der Waals surface area (Å²) >= 11 is 0. The van der Waals surface area contributed by atoms with Crippen LogP contribution in [0.25, 0.3) is 6.08 Å². The third-order valence-corrected chi connectivity index (χ3v) is 3.13. The highest BCUT2D eigenvalue weighted by atomic mass is 16.5. The van der Waals surface area contributed by atoms with Crippen molar-refractivity contribution in [2.45, 2.75) is 6.42 Å². The van der Waals surface area contributed by atoms with Crippen LogP contribution in [-0.4, -0.2) is 25.1 Å². The molecule has 0 unspecified atom stereocenters. The zero-order valence-corrected chi connectivity index (χ0v) is 13.8. The van der Waals surface area contributed by atoms with E-state index in [2.05, 4.69) is 15.8 Å². The molecule has 6 heteroatoms. The molecule has 2 aromatic rings. The van der Waals surface area contributed by atoms with Crippen molar-refractivity contribution in [1.29, 1.82) is 0 Å². The molecule has 0 spiro atoms. The third-order valence-electron chi connectivity index (χ3n) is 3.13. The second-order valence-corrected chi connectivity index (χ2v) is 5.04. The largest absolute Gasteiger partial charge is 0.497 e. The van der Waals surface area contributed by atoms with Crippen LogP contribution in [-0.2, 0) is 9.59 Å². The highest BCUT2D eigenvalue weighted by molar-refractivity contribution is 6.03. The van der Waals surface area contributed by atoms with Gasteiger partial charge >= 0.3 is 0 Å². The molecule has 0 saturated carbocycles. The van der Waals surface area contributed by atoms with Crippen LogP contribution in [0.2, 0.25) is 0 Å². The molecule has 0 aliphatic carbocycles. The van der Waals surface area contributed by atoms with Crippen LogP contribution < -0.4 is 15.5 Å².